The Bertz CT molecular complexity index is 1220. The molecule has 0 bridgehead atoms. The Hall–Kier alpha value is -3.69. The van der Waals surface area contributed by atoms with Crippen LogP contribution in [-0.2, 0) is 4.74 Å². The van der Waals surface area contributed by atoms with Crippen molar-refractivity contribution in [3.05, 3.63) is 42.6 Å². The van der Waals surface area contributed by atoms with Crippen LogP contribution < -0.4 is 10.2 Å². The smallest absolute Gasteiger partial charge is 0.410 e. The lowest BCUT2D eigenvalue weighted by Gasteiger charge is -2.37. The standard InChI is InChI=1S/C24H29N7O3/c1-24(2,3)34-23(33)30-13-11-29(12-14-30)18-5-4-9-25-20(18)28-22(32)19-17-8-10-31(16-6-7-16)21(17)27-15-26-19/h4-5,8-10,15-16H,6-7,11-14H2,1-3H3,(H,25,28,32). The molecule has 0 atom stereocenters. The molecule has 10 heteroatoms. The minimum atomic E-state index is -0.527. The van der Waals surface area contributed by atoms with Crippen molar-refractivity contribution in [2.75, 3.05) is 36.4 Å². The average molecular weight is 464 g/mol. The third-order valence-electron chi connectivity index (χ3n) is 5.95. The van der Waals surface area contributed by atoms with Crippen molar-refractivity contribution in [1.29, 1.82) is 0 Å². The second-order valence-corrected chi connectivity index (χ2v) is 9.69. The largest absolute Gasteiger partial charge is 0.444 e. The number of ether oxygens (including phenoxy) is 1. The number of fused-ring (bicyclic) bond motifs is 1. The van der Waals surface area contributed by atoms with Gasteiger partial charge in [-0.3, -0.25) is 4.79 Å². The SMILES string of the molecule is CC(C)(C)OC(=O)N1CCN(c2cccnc2NC(=O)c2ncnc3c2ccn3C2CC2)CC1. The third kappa shape index (κ3) is 4.52. The first-order chi connectivity index (χ1) is 16.3. The fourth-order valence-corrected chi connectivity index (χ4v) is 4.17. The van der Waals surface area contributed by atoms with Gasteiger partial charge in [0.2, 0.25) is 0 Å². The highest BCUT2D eigenvalue weighted by Crippen LogP contribution is 2.37. The van der Waals surface area contributed by atoms with Gasteiger partial charge in [0, 0.05) is 44.6 Å². The first kappa shape index (κ1) is 22.1. The Morgan fingerprint density at radius 2 is 1.82 bits per heavy atom. The summed E-state index contributed by atoms with van der Waals surface area (Å²) < 4.78 is 7.60. The maximum Gasteiger partial charge on any atom is 0.410 e. The van der Waals surface area contributed by atoms with Crippen LogP contribution >= 0.6 is 0 Å². The molecular formula is C24H29N7O3. The van der Waals surface area contributed by atoms with Crippen LogP contribution in [0.4, 0.5) is 16.3 Å². The predicted octanol–water partition coefficient (Wildman–Crippen LogP) is 3.47. The molecule has 1 aliphatic carbocycles. The van der Waals surface area contributed by atoms with E-state index < -0.39 is 5.60 Å². The number of hydrogen-bond acceptors (Lipinski definition) is 7. The van der Waals surface area contributed by atoms with Gasteiger partial charge in [0.25, 0.3) is 5.91 Å². The molecule has 2 amide bonds. The summed E-state index contributed by atoms with van der Waals surface area (Å²) in [4.78, 5) is 42.5. The number of carbonyl (C=O) groups is 2. The van der Waals surface area contributed by atoms with E-state index in [-0.39, 0.29) is 12.0 Å². The van der Waals surface area contributed by atoms with E-state index in [4.69, 9.17) is 4.74 Å². The Morgan fingerprint density at radius 1 is 1.06 bits per heavy atom. The van der Waals surface area contributed by atoms with Gasteiger partial charge in [-0.1, -0.05) is 0 Å². The summed E-state index contributed by atoms with van der Waals surface area (Å²) in [6, 6.07) is 6.12. The maximum atomic E-state index is 13.2. The zero-order valence-corrected chi connectivity index (χ0v) is 19.7. The number of pyridine rings is 1. The normalized spacial score (nSPS) is 16.6. The second-order valence-electron chi connectivity index (χ2n) is 9.69. The van der Waals surface area contributed by atoms with E-state index in [9.17, 15) is 9.59 Å². The summed E-state index contributed by atoms with van der Waals surface area (Å²) in [7, 11) is 0. The van der Waals surface area contributed by atoms with Crippen LogP contribution in [-0.4, -0.2) is 68.2 Å². The topological polar surface area (TPSA) is 105 Å². The molecule has 1 saturated carbocycles. The highest BCUT2D eigenvalue weighted by Gasteiger charge is 2.28. The van der Waals surface area contributed by atoms with Crippen molar-refractivity contribution in [3.8, 4) is 0 Å². The molecular weight excluding hydrogens is 434 g/mol. The van der Waals surface area contributed by atoms with Crippen molar-refractivity contribution < 1.29 is 14.3 Å². The number of carbonyl (C=O) groups excluding carboxylic acids is 2. The third-order valence-corrected chi connectivity index (χ3v) is 5.95. The van der Waals surface area contributed by atoms with Crippen LogP contribution in [0, 0.1) is 0 Å². The van der Waals surface area contributed by atoms with Crippen molar-refractivity contribution in [2.45, 2.75) is 45.3 Å². The molecule has 0 radical (unpaired) electrons. The van der Waals surface area contributed by atoms with Crippen molar-refractivity contribution in [3.63, 3.8) is 0 Å². The lowest BCUT2D eigenvalue weighted by Crippen LogP contribution is -2.50. The summed E-state index contributed by atoms with van der Waals surface area (Å²) in [5.74, 6) is 0.139. The first-order valence-electron chi connectivity index (χ1n) is 11.6. The summed E-state index contributed by atoms with van der Waals surface area (Å²) >= 11 is 0. The van der Waals surface area contributed by atoms with E-state index in [2.05, 4.69) is 29.7 Å². The average Bonchev–Trinajstić information content (AvgIpc) is 3.56. The molecule has 1 saturated heterocycles. The van der Waals surface area contributed by atoms with E-state index in [0.29, 0.717) is 43.7 Å². The highest BCUT2D eigenvalue weighted by molar-refractivity contribution is 6.11. The second kappa shape index (κ2) is 8.58. The van der Waals surface area contributed by atoms with Gasteiger partial charge in [-0.05, 0) is 51.8 Å². The van der Waals surface area contributed by atoms with Gasteiger partial charge in [-0.15, -0.1) is 0 Å². The zero-order chi connectivity index (χ0) is 23.9. The zero-order valence-electron chi connectivity index (χ0n) is 19.7. The van der Waals surface area contributed by atoms with E-state index in [1.165, 1.54) is 6.33 Å². The fourth-order valence-electron chi connectivity index (χ4n) is 4.17. The van der Waals surface area contributed by atoms with Gasteiger partial charge in [0.15, 0.2) is 5.82 Å². The van der Waals surface area contributed by atoms with Crippen molar-refractivity contribution in [1.82, 2.24) is 24.4 Å². The van der Waals surface area contributed by atoms with Crippen LogP contribution in [0.2, 0.25) is 0 Å². The van der Waals surface area contributed by atoms with Crippen molar-refractivity contribution >= 4 is 34.5 Å². The van der Waals surface area contributed by atoms with E-state index in [1.807, 2.05) is 45.2 Å². The predicted molar refractivity (Wildman–Crippen MR) is 128 cm³/mol. The van der Waals surface area contributed by atoms with Gasteiger partial charge in [0.1, 0.15) is 23.3 Å². The van der Waals surface area contributed by atoms with Crippen LogP contribution in [0.1, 0.15) is 50.1 Å². The number of aromatic nitrogens is 4. The van der Waals surface area contributed by atoms with Gasteiger partial charge < -0.3 is 24.4 Å². The summed E-state index contributed by atoms with van der Waals surface area (Å²) in [5, 5.41) is 3.67. The molecule has 2 aliphatic rings. The lowest BCUT2D eigenvalue weighted by atomic mass is 10.2. The van der Waals surface area contributed by atoms with Crippen LogP contribution in [0.25, 0.3) is 11.0 Å². The Kier molecular flexibility index (Phi) is 5.59. The molecule has 0 aromatic carbocycles. The van der Waals surface area contributed by atoms with E-state index >= 15 is 0 Å². The Morgan fingerprint density at radius 3 is 2.53 bits per heavy atom. The number of piperazine rings is 1. The van der Waals surface area contributed by atoms with Crippen LogP contribution in [0.15, 0.2) is 36.9 Å². The Labute approximate surface area is 197 Å². The van der Waals surface area contributed by atoms with Gasteiger partial charge in [-0.25, -0.2) is 19.7 Å². The maximum absolute atomic E-state index is 13.2. The quantitative estimate of drug-likeness (QED) is 0.631. The monoisotopic (exact) mass is 463 g/mol. The van der Waals surface area contributed by atoms with Gasteiger partial charge in [0.05, 0.1) is 11.1 Å². The molecule has 178 valence electrons. The summed E-state index contributed by atoms with van der Waals surface area (Å²) in [6.07, 6.45) is 7.02. The minimum absolute atomic E-state index is 0.308. The fraction of sp³-hybridized carbons (Fsp3) is 0.458. The van der Waals surface area contributed by atoms with Crippen molar-refractivity contribution in [2.24, 2.45) is 0 Å². The van der Waals surface area contributed by atoms with Gasteiger partial charge in [-0.2, -0.15) is 0 Å². The number of hydrogen-bond donors (Lipinski definition) is 1. The molecule has 5 rings (SSSR count). The summed E-state index contributed by atoms with van der Waals surface area (Å²) in [5.41, 5.74) is 1.39. The lowest BCUT2D eigenvalue weighted by molar-refractivity contribution is 0.0240. The van der Waals surface area contributed by atoms with Crippen LogP contribution in [0.5, 0.6) is 0 Å². The molecule has 2 fully saturated rings. The number of anilines is 2. The molecule has 3 aromatic heterocycles. The number of rotatable bonds is 4. The van der Waals surface area contributed by atoms with Crippen LogP contribution in [0.3, 0.4) is 0 Å². The minimum Gasteiger partial charge on any atom is -0.444 e. The molecule has 1 aliphatic heterocycles. The molecule has 34 heavy (non-hydrogen) atoms. The highest BCUT2D eigenvalue weighted by atomic mass is 16.6. The number of nitrogens with one attached hydrogen (secondary N) is 1. The molecule has 3 aromatic rings. The van der Waals surface area contributed by atoms with E-state index in [0.717, 1.165) is 29.6 Å². The number of nitrogens with zero attached hydrogens (tertiary/aromatic N) is 6. The van der Waals surface area contributed by atoms with Gasteiger partial charge >= 0.3 is 6.09 Å². The first-order valence-corrected chi connectivity index (χ1v) is 11.6. The summed E-state index contributed by atoms with van der Waals surface area (Å²) in [6.45, 7) is 7.84. The molecule has 0 spiro atoms. The Balaban J connectivity index is 1.30. The molecule has 4 heterocycles. The van der Waals surface area contributed by atoms with E-state index in [1.54, 1.807) is 11.1 Å². The molecule has 10 nitrogen and oxygen atoms in total. The molecule has 1 N–H and O–H groups in total. The number of amides is 2. The molecule has 0 unspecified atom stereocenters.